The Morgan fingerprint density at radius 3 is 2.25 bits per heavy atom. The van der Waals surface area contributed by atoms with E-state index in [0.29, 0.717) is 13.2 Å². The molecule has 73 valence electrons. The summed E-state index contributed by atoms with van der Waals surface area (Å²) in [5.74, 6) is 0. The van der Waals surface area contributed by atoms with Crippen molar-refractivity contribution >= 4 is 0 Å². The number of hydrogen-bond donors (Lipinski definition) is 2. The quantitative estimate of drug-likeness (QED) is 0.557. The van der Waals surface area contributed by atoms with Crippen LogP contribution in [0.1, 0.15) is 19.8 Å². The molecule has 0 fully saturated rings. The number of ether oxygens (including phenoxy) is 1. The van der Waals surface area contributed by atoms with Gasteiger partial charge >= 0.3 is 0 Å². The molecule has 0 aliphatic carbocycles. The van der Waals surface area contributed by atoms with Crippen LogP contribution in [0.3, 0.4) is 0 Å². The minimum absolute atomic E-state index is 0.0306. The number of rotatable bonds is 7. The lowest BCUT2D eigenvalue weighted by Crippen LogP contribution is -2.34. The van der Waals surface area contributed by atoms with Crippen LogP contribution in [-0.4, -0.2) is 36.6 Å². The van der Waals surface area contributed by atoms with E-state index in [4.69, 9.17) is 14.9 Å². The molecule has 0 amide bonds. The van der Waals surface area contributed by atoms with Crippen molar-refractivity contribution < 1.29 is 14.9 Å². The third kappa shape index (κ3) is 3.52. The Labute approximate surface area is 74.4 Å². The first-order chi connectivity index (χ1) is 5.74. The molecule has 1 radical (unpaired) electrons. The van der Waals surface area contributed by atoms with Crippen molar-refractivity contribution in [3.63, 3.8) is 0 Å². The van der Waals surface area contributed by atoms with Gasteiger partial charge in [-0.05, 0) is 12.8 Å². The fraction of sp³-hybridized carbons (Fsp3) is 0.889. The average molecular weight is 175 g/mol. The zero-order valence-electron chi connectivity index (χ0n) is 7.75. The first-order valence-corrected chi connectivity index (χ1v) is 4.33. The van der Waals surface area contributed by atoms with Gasteiger partial charge in [0.15, 0.2) is 0 Å². The summed E-state index contributed by atoms with van der Waals surface area (Å²) in [6, 6.07) is 0. The zero-order valence-corrected chi connectivity index (χ0v) is 7.75. The van der Waals surface area contributed by atoms with Gasteiger partial charge in [-0.15, -0.1) is 0 Å². The molecule has 3 nitrogen and oxygen atoms in total. The maximum absolute atomic E-state index is 9.02. The van der Waals surface area contributed by atoms with E-state index < -0.39 is 5.41 Å². The van der Waals surface area contributed by atoms with Crippen molar-refractivity contribution in [2.75, 3.05) is 26.4 Å². The highest BCUT2D eigenvalue weighted by Gasteiger charge is 2.26. The molecular formula is C9H19O3. The summed E-state index contributed by atoms with van der Waals surface area (Å²) in [7, 11) is 0. The summed E-state index contributed by atoms with van der Waals surface area (Å²) in [4.78, 5) is 0. The van der Waals surface area contributed by atoms with E-state index >= 15 is 0 Å². The summed E-state index contributed by atoms with van der Waals surface area (Å²) in [5.41, 5.74) is -0.463. The van der Waals surface area contributed by atoms with Gasteiger partial charge in [-0.1, -0.05) is 13.8 Å². The molecule has 0 spiro atoms. The monoisotopic (exact) mass is 175 g/mol. The largest absolute Gasteiger partial charge is 0.396 e. The first-order valence-electron chi connectivity index (χ1n) is 4.33. The molecule has 0 heterocycles. The molecule has 0 aromatic carbocycles. The molecule has 0 unspecified atom stereocenters. The molecule has 0 aliphatic rings. The first kappa shape index (κ1) is 11.9. The Morgan fingerprint density at radius 1 is 1.33 bits per heavy atom. The van der Waals surface area contributed by atoms with Crippen molar-refractivity contribution in [3.05, 3.63) is 6.92 Å². The van der Waals surface area contributed by atoms with Crippen LogP contribution in [-0.2, 0) is 4.74 Å². The van der Waals surface area contributed by atoms with E-state index in [-0.39, 0.29) is 13.2 Å². The minimum atomic E-state index is -0.463. The third-order valence-electron chi connectivity index (χ3n) is 2.12. The lowest BCUT2D eigenvalue weighted by Gasteiger charge is -2.27. The fourth-order valence-electron chi connectivity index (χ4n) is 0.858. The molecule has 12 heavy (non-hydrogen) atoms. The van der Waals surface area contributed by atoms with Crippen LogP contribution in [0.4, 0.5) is 0 Å². The van der Waals surface area contributed by atoms with Crippen molar-refractivity contribution in [1.29, 1.82) is 0 Å². The Bertz CT molecular complexity index is 91.7. The summed E-state index contributed by atoms with van der Waals surface area (Å²) in [6.07, 6.45) is 1.44. The molecule has 0 aliphatic heterocycles. The van der Waals surface area contributed by atoms with Crippen molar-refractivity contribution in [2.24, 2.45) is 5.41 Å². The van der Waals surface area contributed by atoms with Crippen LogP contribution >= 0.6 is 0 Å². The zero-order chi connectivity index (χ0) is 9.45. The highest BCUT2D eigenvalue weighted by Crippen LogP contribution is 2.20. The van der Waals surface area contributed by atoms with Crippen LogP contribution in [0.25, 0.3) is 0 Å². The van der Waals surface area contributed by atoms with E-state index in [1.807, 2.05) is 6.92 Å². The predicted octanol–water partition coefficient (Wildman–Crippen LogP) is 0.608. The van der Waals surface area contributed by atoms with Crippen molar-refractivity contribution in [2.45, 2.75) is 19.8 Å². The maximum Gasteiger partial charge on any atom is 0.0566 e. The third-order valence-corrected chi connectivity index (χ3v) is 2.12. The Morgan fingerprint density at radius 2 is 1.92 bits per heavy atom. The van der Waals surface area contributed by atoms with Gasteiger partial charge in [-0.25, -0.2) is 0 Å². The van der Waals surface area contributed by atoms with E-state index in [2.05, 4.69) is 6.92 Å². The van der Waals surface area contributed by atoms with Gasteiger partial charge in [0.1, 0.15) is 0 Å². The SMILES string of the molecule is [CH2]CCOCC(CC)(CO)CO. The van der Waals surface area contributed by atoms with E-state index in [0.717, 1.165) is 12.8 Å². The second-order valence-electron chi connectivity index (χ2n) is 3.08. The van der Waals surface area contributed by atoms with Gasteiger partial charge in [-0.3, -0.25) is 0 Å². The topological polar surface area (TPSA) is 49.7 Å². The molecule has 0 saturated carbocycles. The van der Waals surface area contributed by atoms with Crippen LogP contribution in [0.5, 0.6) is 0 Å². The Balaban J connectivity index is 3.76. The second-order valence-corrected chi connectivity index (χ2v) is 3.08. The average Bonchev–Trinajstić information content (AvgIpc) is 2.14. The highest BCUT2D eigenvalue weighted by molar-refractivity contribution is 4.75. The van der Waals surface area contributed by atoms with Crippen LogP contribution in [0.2, 0.25) is 0 Å². The van der Waals surface area contributed by atoms with Gasteiger partial charge in [-0.2, -0.15) is 0 Å². The van der Waals surface area contributed by atoms with Crippen molar-refractivity contribution in [3.8, 4) is 0 Å². The number of hydrogen-bond acceptors (Lipinski definition) is 3. The van der Waals surface area contributed by atoms with E-state index in [1.54, 1.807) is 0 Å². The van der Waals surface area contributed by atoms with E-state index in [9.17, 15) is 0 Å². The molecule has 0 rings (SSSR count). The second kappa shape index (κ2) is 6.40. The molecule has 2 N–H and O–H groups in total. The molecule has 0 saturated heterocycles. The molecular weight excluding hydrogens is 156 g/mol. The predicted molar refractivity (Wildman–Crippen MR) is 47.7 cm³/mol. The molecule has 0 aromatic rings. The van der Waals surface area contributed by atoms with Crippen LogP contribution in [0, 0.1) is 12.3 Å². The van der Waals surface area contributed by atoms with Crippen LogP contribution < -0.4 is 0 Å². The Hall–Kier alpha value is -0.120. The molecule has 3 heteroatoms. The summed E-state index contributed by atoms with van der Waals surface area (Å²) in [6.45, 7) is 6.50. The molecule has 0 aromatic heterocycles. The van der Waals surface area contributed by atoms with Crippen molar-refractivity contribution in [1.82, 2.24) is 0 Å². The summed E-state index contributed by atoms with van der Waals surface area (Å²) < 4.78 is 5.24. The Kier molecular flexibility index (Phi) is 6.34. The van der Waals surface area contributed by atoms with E-state index in [1.165, 1.54) is 0 Å². The minimum Gasteiger partial charge on any atom is -0.396 e. The molecule has 0 bridgehead atoms. The fourth-order valence-corrected chi connectivity index (χ4v) is 0.858. The van der Waals surface area contributed by atoms with Gasteiger partial charge in [0, 0.05) is 12.0 Å². The summed E-state index contributed by atoms with van der Waals surface area (Å²) >= 11 is 0. The van der Waals surface area contributed by atoms with Gasteiger partial charge in [0.05, 0.1) is 19.8 Å². The highest BCUT2D eigenvalue weighted by atomic mass is 16.5. The standard InChI is InChI=1S/C9H19O3/c1-3-5-12-8-9(4-2,6-10)7-11/h10-11H,1,3-8H2,2H3. The van der Waals surface area contributed by atoms with Crippen LogP contribution in [0.15, 0.2) is 0 Å². The number of aliphatic hydroxyl groups excluding tert-OH is 2. The normalized spacial score (nSPS) is 12.0. The van der Waals surface area contributed by atoms with Gasteiger partial charge in [0.25, 0.3) is 0 Å². The maximum atomic E-state index is 9.02. The summed E-state index contributed by atoms with van der Waals surface area (Å²) in [5, 5.41) is 18.0. The number of aliphatic hydroxyl groups is 2. The molecule has 0 atom stereocenters. The van der Waals surface area contributed by atoms with Gasteiger partial charge < -0.3 is 14.9 Å². The lowest BCUT2D eigenvalue weighted by atomic mass is 9.88. The lowest BCUT2D eigenvalue weighted by molar-refractivity contribution is -0.0288. The van der Waals surface area contributed by atoms with Gasteiger partial charge in [0.2, 0.25) is 0 Å². The smallest absolute Gasteiger partial charge is 0.0566 e.